The highest BCUT2D eigenvalue weighted by Gasteiger charge is 2.33. The summed E-state index contributed by atoms with van der Waals surface area (Å²) in [7, 11) is 1.39. The van der Waals surface area contributed by atoms with Gasteiger partial charge in [0.1, 0.15) is 0 Å². The molecule has 1 N–H and O–H groups in total. The maximum absolute atomic E-state index is 13.2. The van der Waals surface area contributed by atoms with Gasteiger partial charge in [0.05, 0.1) is 12.7 Å². The number of piperidine rings is 1. The highest BCUT2D eigenvalue weighted by atomic mass is 16.5. The van der Waals surface area contributed by atoms with Gasteiger partial charge in [-0.05, 0) is 67.1 Å². The Kier molecular flexibility index (Phi) is 5.57. The number of aromatic amines is 1. The van der Waals surface area contributed by atoms with Crippen molar-refractivity contribution in [1.29, 1.82) is 0 Å². The summed E-state index contributed by atoms with van der Waals surface area (Å²) in [5.74, 6) is -0.331. The first-order chi connectivity index (χ1) is 17.5. The third-order valence-electron chi connectivity index (χ3n) is 7.66. The maximum Gasteiger partial charge on any atom is 0.337 e. The van der Waals surface area contributed by atoms with Crippen molar-refractivity contribution in [3.05, 3.63) is 83.0 Å². The lowest BCUT2D eigenvalue weighted by Gasteiger charge is -2.34. The molecule has 7 heteroatoms. The zero-order valence-electron chi connectivity index (χ0n) is 20.1. The van der Waals surface area contributed by atoms with Crippen LogP contribution in [0.2, 0.25) is 0 Å². The minimum atomic E-state index is -0.341. The minimum absolute atomic E-state index is 0.204. The van der Waals surface area contributed by atoms with E-state index in [1.165, 1.54) is 17.6 Å². The molecular weight excluding hydrogens is 454 g/mol. The Bertz CT molecular complexity index is 1460. The van der Waals surface area contributed by atoms with Crippen LogP contribution in [-0.4, -0.2) is 65.9 Å². The van der Waals surface area contributed by atoms with Gasteiger partial charge in [-0.3, -0.25) is 14.5 Å². The van der Waals surface area contributed by atoms with Gasteiger partial charge < -0.3 is 14.6 Å². The second-order valence-electron chi connectivity index (χ2n) is 9.58. The molecule has 6 rings (SSSR count). The van der Waals surface area contributed by atoms with Crippen LogP contribution in [0, 0.1) is 0 Å². The van der Waals surface area contributed by atoms with Crippen LogP contribution in [0.5, 0.6) is 0 Å². The average molecular weight is 482 g/mol. The number of methoxy groups -OCH3 is 1. The number of nitrogens with one attached hydrogen (secondary N) is 1. The van der Waals surface area contributed by atoms with Crippen molar-refractivity contribution in [2.24, 2.45) is 0 Å². The molecule has 3 aromatic carbocycles. The number of nitrogens with zero attached hydrogens (tertiary/aromatic N) is 2. The molecule has 0 aliphatic carbocycles. The van der Waals surface area contributed by atoms with E-state index in [2.05, 4.69) is 16.1 Å². The van der Waals surface area contributed by atoms with Crippen LogP contribution in [0.4, 0.5) is 0 Å². The van der Waals surface area contributed by atoms with Crippen LogP contribution in [-0.2, 0) is 4.74 Å². The molecule has 182 valence electrons. The zero-order chi connectivity index (χ0) is 24.8. The second kappa shape index (κ2) is 8.91. The fourth-order valence-electron chi connectivity index (χ4n) is 5.72. The Labute approximate surface area is 208 Å². The number of benzene rings is 3. The molecular formula is C29H27N3O4. The fraction of sp³-hybridized carbons (Fsp3) is 0.276. The Morgan fingerprint density at radius 1 is 0.972 bits per heavy atom. The first kappa shape index (κ1) is 22.5. The zero-order valence-corrected chi connectivity index (χ0v) is 20.1. The number of hydrogen-bond acceptors (Lipinski definition) is 5. The van der Waals surface area contributed by atoms with E-state index >= 15 is 0 Å². The Hall–Kier alpha value is -3.97. The lowest BCUT2D eigenvalue weighted by Crippen LogP contribution is -2.45. The topological polar surface area (TPSA) is 82.7 Å². The molecule has 0 atom stereocenters. The van der Waals surface area contributed by atoms with Crippen molar-refractivity contribution in [3.63, 3.8) is 0 Å². The average Bonchev–Trinajstić information content (AvgIpc) is 3.35. The Balaban J connectivity index is 1.11. The van der Waals surface area contributed by atoms with E-state index in [0.29, 0.717) is 35.7 Å². The van der Waals surface area contributed by atoms with Gasteiger partial charge in [-0.15, -0.1) is 0 Å². The summed E-state index contributed by atoms with van der Waals surface area (Å²) in [5, 5.41) is 2.83. The molecule has 2 aliphatic heterocycles. The largest absolute Gasteiger partial charge is 0.465 e. The number of hydrogen-bond donors (Lipinski definition) is 1. The molecule has 1 aromatic heterocycles. The summed E-state index contributed by atoms with van der Waals surface area (Å²) >= 11 is 0. The van der Waals surface area contributed by atoms with Gasteiger partial charge in [0.15, 0.2) is 0 Å². The molecule has 3 heterocycles. The summed E-state index contributed by atoms with van der Waals surface area (Å²) in [4.78, 5) is 45.2. The van der Waals surface area contributed by atoms with Crippen LogP contribution < -0.4 is 0 Å². The number of amides is 2. The molecule has 0 bridgehead atoms. The van der Waals surface area contributed by atoms with Crippen molar-refractivity contribution >= 4 is 39.5 Å². The van der Waals surface area contributed by atoms with E-state index in [1.54, 1.807) is 0 Å². The van der Waals surface area contributed by atoms with Crippen molar-refractivity contribution in [3.8, 4) is 0 Å². The molecule has 36 heavy (non-hydrogen) atoms. The molecule has 1 fully saturated rings. The summed E-state index contributed by atoms with van der Waals surface area (Å²) in [6.07, 6.45) is 4.04. The van der Waals surface area contributed by atoms with Gasteiger partial charge in [0.2, 0.25) is 0 Å². The number of aromatic nitrogens is 1. The van der Waals surface area contributed by atoms with Crippen LogP contribution in [0.15, 0.2) is 60.8 Å². The van der Waals surface area contributed by atoms with E-state index in [9.17, 15) is 14.4 Å². The van der Waals surface area contributed by atoms with E-state index in [0.717, 1.165) is 47.6 Å². The van der Waals surface area contributed by atoms with Crippen LogP contribution in [0.25, 0.3) is 21.7 Å². The lowest BCUT2D eigenvalue weighted by atomic mass is 9.89. The Morgan fingerprint density at radius 2 is 1.67 bits per heavy atom. The maximum atomic E-state index is 13.2. The number of carbonyl (C=O) groups is 3. The number of carbonyl (C=O) groups excluding carboxylic acids is 3. The van der Waals surface area contributed by atoms with Crippen LogP contribution in [0.1, 0.15) is 55.4 Å². The van der Waals surface area contributed by atoms with Crippen molar-refractivity contribution in [1.82, 2.24) is 14.8 Å². The molecule has 2 aliphatic rings. The summed E-state index contributed by atoms with van der Waals surface area (Å²) < 4.78 is 4.83. The van der Waals surface area contributed by atoms with E-state index < -0.39 is 0 Å². The van der Waals surface area contributed by atoms with Gasteiger partial charge >= 0.3 is 5.97 Å². The smallest absolute Gasteiger partial charge is 0.337 e. The summed E-state index contributed by atoms with van der Waals surface area (Å²) in [5.41, 5.74) is 3.96. The molecule has 4 aromatic rings. The van der Waals surface area contributed by atoms with Gasteiger partial charge in [-0.25, -0.2) is 4.79 Å². The fourth-order valence-corrected chi connectivity index (χ4v) is 5.72. The number of likely N-dealkylation sites (tertiary alicyclic amines) is 1. The number of esters is 1. The third kappa shape index (κ3) is 3.67. The number of ether oxygens (including phenoxy) is 1. The number of H-pyrrole nitrogens is 1. The van der Waals surface area contributed by atoms with Gasteiger partial charge in [-0.2, -0.15) is 0 Å². The predicted octanol–water partition coefficient (Wildman–Crippen LogP) is 4.58. The summed E-state index contributed by atoms with van der Waals surface area (Å²) in [6.45, 7) is 2.86. The predicted molar refractivity (Wildman–Crippen MR) is 137 cm³/mol. The van der Waals surface area contributed by atoms with E-state index in [1.807, 2.05) is 54.6 Å². The molecule has 0 saturated carbocycles. The Morgan fingerprint density at radius 3 is 2.33 bits per heavy atom. The first-order valence-electron chi connectivity index (χ1n) is 12.3. The molecule has 7 nitrogen and oxygen atoms in total. The van der Waals surface area contributed by atoms with E-state index in [-0.39, 0.29) is 17.8 Å². The molecule has 0 spiro atoms. The van der Waals surface area contributed by atoms with E-state index in [4.69, 9.17) is 4.74 Å². The van der Waals surface area contributed by atoms with Crippen molar-refractivity contribution in [2.45, 2.75) is 18.8 Å². The molecule has 1 saturated heterocycles. The normalized spacial score (nSPS) is 16.8. The summed E-state index contributed by atoms with van der Waals surface area (Å²) in [6, 6.07) is 16.9. The second-order valence-corrected chi connectivity index (χ2v) is 9.58. The third-order valence-corrected chi connectivity index (χ3v) is 7.66. The molecule has 2 amide bonds. The van der Waals surface area contributed by atoms with Gasteiger partial charge in [0.25, 0.3) is 11.8 Å². The van der Waals surface area contributed by atoms with Crippen LogP contribution >= 0.6 is 0 Å². The lowest BCUT2D eigenvalue weighted by molar-refractivity contribution is 0.0580. The molecule has 0 unspecified atom stereocenters. The highest BCUT2D eigenvalue weighted by molar-refractivity contribution is 6.25. The van der Waals surface area contributed by atoms with Gasteiger partial charge in [-0.1, -0.05) is 30.3 Å². The SMILES string of the molecule is COC(=O)c1ccc2c(C3CCN(CCN4C(=O)c5cccc6cccc(c56)C4=O)CC3)c[nH]c2c1. The minimum Gasteiger partial charge on any atom is -0.465 e. The van der Waals surface area contributed by atoms with Crippen LogP contribution in [0.3, 0.4) is 0 Å². The van der Waals surface area contributed by atoms with Gasteiger partial charge in [0, 0.05) is 46.7 Å². The highest BCUT2D eigenvalue weighted by Crippen LogP contribution is 2.34. The molecule has 0 radical (unpaired) electrons. The van der Waals surface area contributed by atoms with Crippen molar-refractivity contribution < 1.29 is 19.1 Å². The van der Waals surface area contributed by atoms with Crippen molar-refractivity contribution in [2.75, 3.05) is 33.3 Å². The first-order valence-corrected chi connectivity index (χ1v) is 12.3. The quantitative estimate of drug-likeness (QED) is 0.333. The number of fused-ring (bicyclic) bond motifs is 1. The standard InChI is InChI=1S/C29H27N3O4/c1-36-29(35)20-8-9-21-24(17-30-25(21)16-20)18-10-12-31(13-11-18)14-15-32-27(33)22-6-2-4-19-5-3-7-23(26(19)22)28(32)34/h2-9,16-18,30H,10-15H2,1H3. The monoisotopic (exact) mass is 481 g/mol. The number of imide groups is 1. The number of rotatable bonds is 5.